The molecule has 2 aromatic carbocycles. The largest absolute Gasteiger partial charge is 0.303 e. The van der Waals surface area contributed by atoms with Gasteiger partial charge in [-0.25, -0.2) is 9.50 Å². The second-order valence-corrected chi connectivity index (χ2v) is 11.3. The standard InChI is InChI=1S/C28H31N4OS.C2H6/c33-34(25-11-12-25)26-6-4-5-23(17-26)27-19-30-32-20-24(18-29-28(27)32)22-9-7-21(8-10-22)13-16-31-14-2-1-3-15-31;1-2/h4-10,17-20,25,33H,1-3,11-16H2;1-2H3/q+1;. The van der Waals surface area contributed by atoms with Crippen molar-refractivity contribution in [1.82, 2.24) is 19.5 Å². The van der Waals surface area contributed by atoms with E-state index in [1.165, 1.54) is 37.9 Å². The summed E-state index contributed by atoms with van der Waals surface area (Å²) in [7, 11) is 0. The summed E-state index contributed by atoms with van der Waals surface area (Å²) in [6.07, 6.45) is 13.3. The Morgan fingerprint density at radius 1 is 0.917 bits per heavy atom. The topological polar surface area (TPSA) is 53.7 Å². The fraction of sp³-hybridized carbons (Fsp3) is 0.400. The van der Waals surface area contributed by atoms with E-state index >= 15 is 0 Å². The van der Waals surface area contributed by atoms with E-state index in [0.29, 0.717) is 5.25 Å². The molecule has 6 rings (SSSR count). The summed E-state index contributed by atoms with van der Waals surface area (Å²) >= 11 is -0.664. The lowest BCUT2D eigenvalue weighted by atomic mass is 10.0. The zero-order valence-electron chi connectivity index (χ0n) is 21.4. The van der Waals surface area contributed by atoms with Crippen LogP contribution in [-0.4, -0.2) is 48.9 Å². The van der Waals surface area contributed by atoms with Gasteiger partial charge in [0.25, 0.3) is 0 Å². The molecule has 0 radical (unpaired) electrons. The molecule has 1 aliphatic heterocycles. The molecule has 0 amide bonds. The van der Waals surface area contributed by atoms with Crippen molar-refractivity contribution in [1.29, 1.82) is 0 Å². The Bertz CT molecular complexity index is 1280. The first-order chi connectivity index (χ1) is 17.7. The Balaban J connectivity index is 0.00000130. The molecule has 2 aliphatic rings. The van der Waals surface area contributed by atoms with Gasteiger partial charge in [-0.15, -0.1) is 0 Å². The minimum Gasteiger partial charge on any atom is -0.303 e. The molecule has 1 N–H and O–H groups in total. The number of benzene rings is 2. The van der Waals surface area contributed by atoms with Gasteiger partial charge in [-0.1, -0.05) is 56.7 Å². The molecular formula is C30H37N4OS+. The quantitative estimate of drug-likeness (QED) is 0.285. The van der Waals surface area contributed by atoms with Gasteiger partial charge in [0.15, 0.2) is 27.0 Å². The molecular weight excluding hydrogens is 464 g/mol. The van der Waals surface area contributed by atoms with E-state index < -0.39 is 11.2 Å². The molecule has 1 aliphatic carbocycles. The number of nitrogens with zero attached hydrogens (tertiary/aromatic N) is 4. The zero-order chi connectivity index (χ0) is 24.9. The van der Waals surface area contributed by atoms with Crippen molar-refractivity contribution in [2.75, 3.05) is 19.6 Å². The number of aromatic nitrogens is 3. The third kappa shape index (κ3) is 5.66. The first kappa shape index (κ1) is 25.0. The summed E-state index contributed by atoms with van der Waals surface area (Å²) < 4.78 is 12.4. The molecule has 3 heterocycles. The maximum Gasteiger partial charge on any atom is 0.190 e. The average Bonchev–Trinajstić information content (AvgIpc) is 3.72. The van der Waals surface area contributed by atoms with Crippen molar-refractivity contribution in [3.63, 3.8) is 0 Å². The van der Waals surface area contributed by atoms with Crippen molar-refractivity contribution in [2.45, 2.75) is 62.5 Å². The summed E-state index contributed by atoms with van der Waals surface area (Å²) in [6.45, 7) is 7.66. The highest BCUT2D eigenvalue weighted by Gasteiger charge is 2.42. The molecule has 2 aromatic heterocycles. The summed E-state index contributed by atoms with van der Waals surface area (Å²) in [4.78, 5) is 8.37. The lowest BCUT2D eigenvalue weighted by molar-refractivity contribution is 0.231. The van der Waals surface area contributed by atoms with Crippen LogP contribution in [0.4, 0.5) is 0 Å². The van der Waals surface area contributed by atoms with E-state index in [0.717, 1.165) is 58.6 Å². The van der Waals surface area contributed by atoms with Crippen LogP contribution in [0.2, 0.25) is 0 Å². The van der Waals surface area contributed by atoms with Crippen LogP contribution in [0, 0.1) is 0 Å². The number of likely N-dealkylation sites (tertiary alicyclic amines) is 1. The lowest BCUT2D eigenvalue weighted by Gasteiger charge is -2.26. The second kappa shape index (κ2) is 11.6. The highest BCUT2D eigenvalue weighted by Crippen LogP contribution is 2.35. The molecule has 2 fully saturated rings. The Morgan fingerprint density at radius 2 is 1.69 bits per heavy atom. The van der Waals surface area contributed by atoms with Gasteiger partial charge in [-0.05, 0) is 55.1 Å². The summed E-state index contributed by atoms with van der Waals surface area (Å²) in [5.41, 5.74) is 6.49. The minimum atomic E-state index is -0.664. The van der Waals surface area contributed by atoms with Crippen LogP contribution in [0.1, 0.15) is 51.5 Å². The zero-order valence-corrected chi connectivity index (χ0v) is 22.3. The number of rotatable bonds is 7. The normalized spacial score (nSPS) is 17.0. The molecule has 1 saturated carbocycles. The smallest absolute Gasteiger partial charge is 0.190 e. The maximum atomic E-state index is 10.6. The molecule has 5 nitrogen and oxygen atoms in total. The summed E-state index contributed by atoms with van der Waals surface area (Å²) in [6, 6.07) is 17.1. The molecule has 0 bridgehead atoms. The van der Waals surface area contributed by atoms with Gasteiger partial charge < -0.3 is 4.90 Å². The van der Waals surface area contributed by atoms with Crippen LogP contribution in [-0.2, 0) is 17.6 Å². The number of fused-ring (bicyclic) bond motifs is 1. The van der Waals surface area contributed by atoms with Crippen LogP contribution in [0.15, 0.2) is 72.0 Å². The van der Waals surface area contributed by atoms with Crippen molar-refractivity contribution < 1.29 is 4.55 Å². The van der Waals surface area contributed by atoms with Gasteiger partial charge in [0, 0.05) is 49.0 Å². The maximum absolute atomic E-state index is 10.6. The monoisotopic (exact) mass is 501 g/mol. The van der Waals surface area contributed by atoms with Crippen LogP contribution < -0.4 is 0 Å². The third-order valence-corrected chi connectivity index (χ3v) is 8.88. The van der Waals surface area contributed by atoms with E-state index in [2.05, 4.69) is 52.6 Å². The molecule has 1 saturated heterocycles. The first-order valence-electron chi connectivity index (χ1n) is 13.4. The Kier molecular flexibility index (Phi) is 8.05. The molecule has 36 heavy (non-hydrogen) atoms. The number of piperidine rings is 1. The predicted octanol–water partition coefficient (Wildman–Crippen LogP) is 6.73. The molecule has 188 valence electrons. The molecule has 0 spiro atoms. The average molecular weight is 502 g/mol. The van der Waals surface area contributed by atoms with Crippen molar-refractivity contribution >= 4 is 16.8 Å². The van der Waals surface area contributed by atoms with E-state index in [1.54, 1.807) is 0 Å². The SMILES string of the molecule is CC.O[S+](c1cccc(-c2cnn3cc(-c4ccc(CCN5CCCCC5)cc4)cnc23)c1)C1CC1. The van der Waals surface area contributed by atoms with Gasteiger partial charge in [0.1, 0.15) is 0 Å². The molecule has 4 aromatic rings. The Hall–Kier alpha value is -2.67. The molecule has 1 atom stereocenters. The molecule has 6 heteroatoms. The van der Waals surface area contributed by atoms with Gasteiger partial charge in [-0.3, -0.25) is 0 Å². The van der Waals surface area contributed by atoms with Gasteiger partial charge in [0.05, 0.1) is 6.20 Å². The van der Waals surface area contributed by atoms with E-state index in [9.17, 15) is 4.55 Å². The van der Waals surface area contributed by atoms with Crippen LogP contribution in [0.5, 0.6) is 0 Å². The fourth-order valence-corrected chi connectivity index (χ4v) is 6.27. The molecule has 1 unspecified atom stereocenters. The van der Waals surface area contributed by atoms with Gasteiger partial charge in [-0.2, -0.15) is 9.65 Å². The van der Waals surface area contributed by atoms with Crippen molar-refractivity contribution in [3.8, 4) is 22.3 Å². The highest BCUT2D eigenvalue weighted by atomic mass is 32.2. The first-order valence-corrected chi connectivity index (χ1v) is 14.7. The van der Waals surface area contributed by atoms with Crippen LogP contribution in [0.3, 0.4) is 0 Å². The van der Waals surface area contributed by atoms with Crippen molar-refractivity contribution in [3.05, 3.63) is 72.7 Å². The number of hydrogen-bond acceptors (Lipinski definition) is 4. The summed E-state index contributed by atoms with van der Waals surface area (Å²) in [5.74, 6) is 0. The van der Waals surface area contributed by atoms with E-state index in [4.69, 9.17) is 4.98 Å². The fourth-order valence-electron chi connectivity index (χ4n) is 4.84. The second-order valence-electron chi connectivity index (χ2n) is 9.56. The number of hydrogen-bond donors (Lipinski definition) is 1. The Morgan fingerprint density at radius 3 is 2.44 bits per heavy atom. The Labute approximate surface area is 217 Å². The van der Waals surface area contributed by atoms with Gasteiger partial charge >= 0.3 is 0 Å². The van der Waals surface area contributed by atoms with Crippen LogP contribution >= 0.6 is 0 Å². The van der Waals surface area contributed by atoms with Crippen LogP contribution in [0.25, 0.3) is 27.9 Å². The summed E-state index contributed by atoms with van der Waals surface area (Å²) in [5, 5.41) is 5.03. The van der Waals surface area contributed by atoms with E-state index in [-0.39, 0.29) is 0 Å². The predicted molar refractivity (Wildman–Crippen MR) is 150 cm³/mol. The highest BCUT2D eigenvalue weighted by molar-refractivity contribution is 7.92. The lowest BCUT2D eigenvalue weighted by Crippen LogP contribution is -2.31. The minimum absolute atomic E-state index is 0.441. The third-order valence-electron chi connectivity index (χ3n) is 7.04. The van der Waals surface area contributed by atoms with Crippen molar-refractivity contribution in [2.24, 2.45) is 0 Å². The van der Waals surface area contributed by atoms with Gasteiger partial charge in [0.2, 0.25) is 0 Å². The van der Waals surface area contributed by atoms with E-state index in [1.807, 2.05) is 42.9 Å².